The maximum Gasteiger partial charge on any atom is 0.228 e. The summed E-state index contributed by atoms with van der Waals surface area (Å²) in [4.78, 5) is 11.1. The average Bonchev–Trinajstić information content (AvgIpc) is 2.20. The first-order valence-corrected chi connectivity index (χ1v) is 5.42. The Hall–Kier alpha value is -0.610. The van der Waals surface area contributed by atoms with E-state index < -0.39 is 12.2 Å². The molecule has 2 nitrogen and oxygen atoms in total. The number of alkyl halides is 2. The molecule has 1 atom stereocenters. The number of ether oxygens (including phenoxy) is 1. The van der Waals surface area contributed by atoms with Gasteiger partial charge in [0.25, 0.3) is 0 Å². The molecule has 5 heteroatoms. The van der Waals surface area contributed by atoms with Gasteiger partial charge in [0, 0.05) is 0 Å². The molecule has 1 aromatic carbocycles. The van der Waals surface area contributed by atoms with Crippen molar-refractivity contribution in [3.63, 3.8) is 0 Å². The molecule has 82 valence electrons. The van der Waals surface area contributed by atoms with Crippen LogP contribution >= 0.6 is 27.5 Å². The van der Waals surface area contributed by atoms with Gasteiger partial charge in [-0.25, -0.2) is 4.39 Å². The highest BCUT2D eigenvalue weighted by atomic mass is 79.9. The van der Waals surface area contributed by atoms with E-state index in [1.54, 1.807) is 18.2 Å². The Balaban J connectivity index is 3.08. The first kappa shape index (κ1) is 12.5. The molecule has 1 unspecified atom stereocenters. The van der Waals surface area contributed by atoms with Gasteiger partial charge in [0.2, 0.25) is 6.86 Å². The van der Waals surface area contributed by atoms with Crippen LogP contribution in [0, 0.1) is 0 Å². The van der Waals surface area contributed by atoms with Gasteiger partial charge in [0.1, 0.15) is 11.1 Å². The largest absolute Gasteiger partial charge is 0.462 e. The van der Waals surface area contributed by atoms with Gasteiger partial charge in [-0.05, 0) is 34.5 Å². The van der Waals surface area contributed by atoms with Crippen molar-refractivity contribution >= 4 is 33.3 Å². The molecule has 0 aliphatic rings. The lowest BCUT2D eigenvalue weighted by atomic mass is 10.1. The minimum absolute atomic E-state index is 0.172. The summed E-state index contributed by atoms with van der Waals surface area (Å²) >= 11 is 9.11. The zero-order chi connectivity index (χ0) is 11.4. The average molecular weight is 296 g/mol. The maximum atomic E-state index is 12.0. The lowest BCUT2D eigenvalue weighted by Crippen LogP contribution is -2.03. The van der Waals surface area contributed by atoms with Crippen molar-refractivity contribution in [2.45, 2.75) is 12.3 Å². The zero-order valence-electron chi connectivity index (χ0n) is 7.97. The molecule has 1 aromatic rings. The molecule has 0 spiro atoms. The first-order valence-electron chi connectivity index (χ1n) is 4.19. The summed E-state index contributed by atoms with van der Waals surface area (Å²) in [6.07, 6.45) is 0. The predicted molar refractivity (Wildman–Crippen MR) is 60.0 cm³/mol. The van der Waals surface area contributed by atoms with Crippen LogP contribution in [0.2, 0.25) is 0 Å². The van der Waals surface area contributed by atoms with Crippen molar-refractivity contribution in [1.82, 2.24) is 0 Å². The molecule has 0 radical (unpaired) electrons. The van der Waals surface area contributed by atoms with E-state index in [9.17, 15) is 9.18 Å². The van der Waals surface area contributed by atoms with Crippen molar-refractivity contribution in [2.24, 2.45) is 0 Å². The van der Waals surface area contributed by atoms with Crippen LogP contribution < -0.4 is 4.74 Å². The summed E-state index contributed by atoms with van der Waals surface area (Å²) in [5, 5.41) is -0.748. The van der Waals surface area contributed by atoms with Crippen molar-refractivity contribution in [2.75, 3.05) is 6.86 Å². The van der Waals surface area contributed by atoms with Crippen LogP contribution in [0.15, 0.2) is 22.7 Å². The number of carbonyl (C=O) groups is 1. The second-order valence-corrected chi connectivity index (χ2v) is 4.12. The predicted octanol–water partition coefficient (Wildman–Crippen LogP) is 3.62. The molecule has 0 aliphatic carbocycles. The third-order valence-electron chi connectivity index (χ3n) is 1.83. The Labute approximate surface area is 101 Å². The normalized spacial score (nSPS) is 12.3. The zero-order valence-corrected chi connectivity index (χ0v) is 10.3. The standard InChI is InChI=1S/C10H9BrClFO2/c1-6(14)10(12)7-3-2-4-8(9(7)11)15-5-13/h2-4,10H,5H2,1H3. The van der Waals surface area contributed by atoms with E-state index >= 15 is 0 Å². The van der Waals surface area contributed by atoms with E-state index in [4.69, 9.17) is 16.3 Å². The fraction of sp³-hybridized carbons (Fsp3) is 0.300. The van der Waals surface area contributed by atoms with Crippen LogP contribution in [-0.4, -0.2) is 12.6 Å². The Morgan fingerprint density at radius 2 is 2.33 bits per heavy atom. The molecular weight excluding hydrogens is 286 g/mol. The van der Waals surface area contributed by atoms with Crippen LogP contribution in [-0.2, 0) is 4.79 Å². The first-order chi connectivity index (χ1) is 7.07. The molecule has 0 N–H and O–H groups in total. The lowest BCUT2D eigenvalue weighted by molar-refractivity contribution is -0.116. The highest BCUT2D eigenvalue weighted by molar-refractivity contribution is 9.10. The third-order valence-corrected chi connectivity index (χ3v) is 3.22. The van der Waals surface area contributed by atoms with Crippen molar-refractivity contribution in [3.05, 3.63) is 28.2 Å². The third kappa shape index (κ3) is 2.92. The smallest absolute Gasteiger partial charge is 0.228 e. The van der Waals surface area contributed by atoms with Gasteiger partial charge in [-0.15, -0.1) is 11.6 Å². The summed E-state index contributed by atoms with van der Waals surface area (Å²) in [7, 11) is 0. The SMILES string of the molecule is CC(=O)C(Cl)c1cccc(OCF)c1Br. The monoisotopic (exact) mass is 294 g/mol. The fourth-order valence-electron chi connectivity index (χ4n) is 1.11. The number of hydrogen-bond acceptors (Lipinski definition) is 2. The van der Waals surface area contributed by atoms with Gasteiger partial charge >= 0.3 is 0 Å². The van der Waals surface area contributed by atoms with E-state index in [1.165, 1.54) is 6.92 Å². The maximum absolute atomic E-state index is 12.0. The Bertz CT molecular complexity index is 370. The van der Waals surface area contributed by atoms with Gasteiger partial charge in [0.15, 0.2) is 5.78 Å². The molecule has 0 saturated heterocycles. The Morgan fingerprint density at radius 3 is 2.87 bits per heavy atom. The van der Waals surface area contributed by atoms with Crippen molar-refractivity contribution < 1.29 is 13.9 Å². The van der Waals surface area contributed by atoms with Crippen LogP contribution in [0.25, 0.3) is 0 Å². The second kappa shape index (κ2) is 5.47. The number of hydrogen-bond donors (Lipinski definition) is 0. The van der Waals surface area contributed by atoms with E-state index in [1.807, 2.05) is 0 Å². The fourth-order valence-corrected chi connectivity index (χ4v) is 2.03. The molecule has 0 aromatic heterocycles. The van der Waals surface area contributed by atoms with Gasteiger partial charge in [-0.2, -0.15) is 0 Å². The number of halogens is 3. The molecule has 15 heavy (non-hydrogen) atoms. The van der Waals surface area contributed by atoms with Crippen LogP contribution in [0.5, 0.6) is 5.75 Å². The van der Waals surface area contributed by atoms with Gasteiger partial charge in [0.05, 0.1) is 4.47 Å². The summed E-state index contributed by atoms with van der Waals surface area (Å²) < 4.78 is 17.2. The number of carbonyl (C=O) groups excluding carboxylic acids is 1. The van der Waals surface area contributed by atoms with Gasteiger partial charge < -0.3 is 4.74 Å². The second-order valence-electron chi connectivity index (χ2n) is 2.89. The summed E-state index contributed by atoms with van der Waals surface area (Å²) in [5.41, 5.74) is 0.579. The number of ketones is 1. The molecule has 0 amide bonds. The molecule has 0 aliphatic heterocycles. The highest BCUT2D eigenvalue weighted by Crippen LogP contribution is 2.35. The van der Waals surface area contributed by atoms with Crippen molar-refractivity contribution in [1.29, 1.82) is 0 Å². The molecule has 0 heterocycles. The summed E-state index contributed by atoms with van der Waals surface area (Å²) in [6, 6.07) is 4.94. The van der Waals surface area contributed by atoms with Gasteiger partial charge in [-0.1, -0.05) is 12.1 Å². The summed E-state index contributed by atoms with van der Waals surface area (Å²) in [5.74, 6) is 0.164. The number of rotatable bonds is 4. The van der Waals surface area contributed by atoms with Crippen LogP contribution in [0.3, 0.4) is 0 Å². The molecular formula is C10H9BrClFO2. The van der Waals surface area contributed by atoms with E-state index in [-0.39, 0.29) is 5.78 Å². The van der Waals surface area contributed by atoms with Crippen molar-refractivity contribution in [3.8, 4) is 5.75 Å². The Morgan fingerprint density at radius 1 is 1.67 bits per heavy atom. The number of benzene rings is 1. The number of Topliss-reactive ketones (excluding diaryl/α,β-unsaturated/α-hetero) is 1. The molecule has 0 fully saturated rings. The quantitative estimate of drug-likeness (QED) is 0.793. The van der Waals surface area contributed by atoms with Crippen LogP contribution in [0.1, 0.15) is 17.9 Å². The topological polar surface area (TPSA) is 26.3 Å². The van der Waals surface area contributed by atoms with E-state index in [2.05, 4.69) is 15.9 Å². The highest BCUT2D eigenvalue weighted by Gasteiger charge is 2.18. The molecule has 0 bridgehead atoms. The van der Waals surface area contributed by atoms with Crippen LogP contribution in [0.4, 0.5) is 4.39 Å². The molecule has 1 rings (SSSR count). The van der Waals surface area contributed by atoms with E-state index in [0.717, 1.165) is 0 Å². The minimum Gasteiger partial charge on any atom is -0.462 e. The Kier molecular flexibility index (Phi) is 4.54. The van der Waals surface area contributed by atoms with Gasteiger partial charge in [-0.3, -0.25) is 4.79 Å². The van der Waals surface area contributed by atoms with E-state index in [0.29, 0.717) is 15.8 Å². The minimum atomic E-state index is -0.922. The summed E-state index contributed by atoms with van der Waals surface area (Å²) in [6.45, 7) is 0.474. The molecule has 0 saturated carbocycles. The lowest BCUT2D eigenvalue weighted by Gasteiger charge is -2.11.